The normalized spacial score (nSPS) is 21.0. The lowest BCUT2D eigenvalue weighted by Gasteiger charge is -2.27. The number of hydrogen-bond acceptors (Lipinski definition) is 5. The second kappa shape index (κ2) is 7.39. The number of nitrogens with zero attached hydrogens (tertiary/aromatic N) is 3. The summed E-state index contributed by atoms with van der Waals surface area (Å²) in [5.74, 6) is 1.64. The first-order valence-corrected chi connectivity index (χ1v) is 8.60. The first-order valence-electron chi connectivity index (χ1n) is 8.60. The molecule has 0 saturated carbocycles. The van der Waals surface area contributed by atoms with E-state index in [1.165, 1.54) is 0 Å². The molecule has 25 heavy (non-hydrogen) atoms. The van der Waals surface area contributed by atoms with Crippen LogP contribution in [0.5, 0.6) is 0 Å². The number of likely N-dealkylation sites (tertiary alicyclic amines) is 1. The molecule has 136 valence electrons. The van der Waals surface area contributed by atoms with Gasteiger partial charge in [-0.3, -0.25) is 9.69 Å². The lowest BCUT2D eigenvalue weighted by Crippen LogP contribution is -2.40. The van der Waals surface area contributed by atoms with Gasteiger partial charge in [0, 0.05) is 38.7 Å². The van der Waals surface area contributed by atoms with E-state index in [0.29, 0.717) is 37.6 Å². The maximum atomic E-state index is 13.9. The number of aromatic nitrogens is 1. The minimum Gasteiger partial charge on any atom is -0.456 e. The van der Waals surface area contributed by atoms with Crippen LogP contribution in [0.3, 0.4) is 0 Å². The average molecular weight is 349 g/mol. The quantitative estimate of drug-likeness (QED) is 0.802. The smallest absolute Gasteiger partial charge is 0.289 e. The second-order valence-electron chi connectivity index (χ2n) is 6.66. The van der Waals surface area contributed by atoms with Crippen molar-refractivity contribution >= 4 is 5.91 Å². The molecule has 1 aliphatic rings. The molecule has 2 atom stereocenters. The molecule has 0 spiro atoms. The fourth-order valence-electron chi connectivity index (χ4n) is 3.27. The molecule has 0 radical (unpaired) electrons. The van der Waals surface area contributed by atoms with Crippen LogP contribution in [0, 0.1) is 6.92 Å². The number of likely N-dealkylation sites (N-methyl/N-ethyl adjacent to an activating group) is 1. The molecule has 3 heterocycles. The molecule has 1 fully saturated rings. The Kier molecular flexibility index (Phi) is 5.22. The third-order valence-corrected chi connectivity index (χ3v) is 4.56. The number of aryl methyl sites for hydroxylation is 2. The Labute approximate surface area is 146 Å². The lowest BCUT2D eigenvalue weighted by molar-refractivity contribution is 0.0713. The van der Waals surface area contributed by atoms with Crippen LogP contribution < -0.4 is 0 Å². The fourth-order valence-corrected chi connectivity index (χ4v) is 3.27. The molecule has 2 aromatic heterocycles. The van der Waals surface area contributed by atoms with Gasteiger partial charge in [-0.15, -0.1) is 0 Å². The van der Waals surface area contributed by atoms with Gasteiger partial charge in [0.15, 0.2) is 11.5 Å². The highest BCUT2D eigenvalue weighted by molar-refractivity contribution is 5.91. The van der Waals surface area contributed by atoms with Crippen LogP contribution in [0.2, 0.25) is 0 Å². The second-order valence-corrected chi connectivity index (χ2v) is 6.66. The maximum absolute atomic E-state index is 13.9. The molecule has 0 N–H and O–H groups in total. The van der Waals surface area contributed by atoms with Crippen molar-refractivity contribution < 1.29 is 18.1 Å². The largest absolute Gasteiger partial charge is 0.456 e. The predicted molar refractivity (Wildman–Crippen MR) is 90.0 cm³/mol. The zero-order chi connectivity index (χ0) is 18.0. The summed E-state index contributed by atoms with van der Waals surface area (Å²) < 4.78 is 24.7. The highest BCUT2D eigenvalue weighted by Gasteiger charge is 2.34. The summed E-state index contributed by atoms with van der Waals surface area (Å²) >= 11 is 0. The van der Waals surface area contributed by atoms with E-state index in [1.54, 1.807) is 18.0 Å². The van der Waals surface area contributed by atoms with E-state index < -0.39 is 6.17 Å². The van der Waals surface area contributed by atoms with Crippen LogP contribution >= 0.6 is 0 Å². The summed E-state index contributed by atoms with van der Waals surface area (Å²) in [4.78, 5) is 16.1. The van der Waals surface area contributed by atoms with Gasteiger partial charge in [-0.1, -0.05) is 12.1 Å². The molecule has 0 bridgehead atoms. The van der Waals surface area contributed by atoms with Crippen molar-refractivity contribution in [3.8, 4) is 0 Å². The molecule has 0 aliphatic carbocycles. The van der Waals surface area contributed by atoms with Gasteiger partial charge >= 0.3 is 0 Å². The predicted octanol–water partition coefficient (Wildman–Crippen LogP) is 2.82. The minimum atomic E-state index is -0.896. The van der Waals surface area contributed by atoms with E-state index in [9.17, 15) is 9.18 Å². The molecular weight excluding hydrogens is 325 g/mol. The third kappa shape index (κ3) is 4.10. The zero-order valence-corrected chi connectivity index (χ0v) is 14.9. The summed E-state index contributed by atoms with van der Waals surface area (Å²) in [5.41, 5.74) is 0.805. The van der Waals surface area contributed by atoms with Gasteiger partial charge in [0.25, 0.3) is 5.91 Å². The van der Waals surface area contributed by atoms with Crippen LogP contribution in [0.25, 0.3) is 0 Å². The van der Waals surface area contributed by atoms with Crippen molar-refractivity contribution in [2.45, 2.75) is 45.4 Å². The molecule has 0 unspecified atom stereocenters. The van der Waals surface area contributed by atoms with Crippen LogP contribution in [0.4, 0.5) is 4.39 Å². The Morgan fingerprint density at radius 1 is 1.44 bits per heavy atom. The van der Waals surface area contributed by atoms with Crippen molar-refractivity contribution in [2.75, 3.05) is 20.1 Å². The van der Waals surface area contributed by atoms with E-state index >= 15 is 0 Å². The van der Waals surface area contributed by atoms with Gasteiger partial charge in [0.2, 0.25) is 0 Å². The van der Waals surface area contributed by atoms with Crippen molar-refractivity contribution in [3.05, 3.63) is 41.2 Å². The first-order chi connectivity index (χ1) is 12.0. The Morgan fingerprint density at radius 3 is 2.88 bits per heavy atom. The fraction of sp³-hybridized carbons (Fsp3) is 0.556. The lowest BCUT2D eigenvalue weighted by atomic mass is 10.2. The van der Waals surface area contributed by atoms with E-state index in [2.05, 4.69) is 5.16 Å². The molecule has 7 heteroatoms. The number of halogens is 1. The van der Waals surface area contributed by atoms with Crippen molar-refractivity contribution in [3.63, 3.8) is 0 Å². The Bertz CT molecular complexity index is 727. The topological polar surface area (TPSA) is 62.7 Å². The SMILES string of the molecule is CCc1ccc(C(=O)N(C)C[C@@H]2C[C@H](F)CN2Cc2cc(C)no2)o1. The molecule has 3 rings (SSSR count). The average Bonchev–Trinajstić information content (AvgIpc) is 3.28. The van der Waals surface area contributed by atoms with E-state index in [0.717, 1.165) is 17.9 Å². The van der Waals surface area contributed by atoms with Gasteiger partial charge in [0.1, 0.15) is 11.9 Å². The minimum absolute atomic E-state index is 0.0602. The highest BCUT2D eigenvalue weighted by Crippen LogP contribution is 2.24. The van der Waals surface area contributed by atoms with Crippen LogP contribution in [0.15, 0.2) is 27.1 Å². The Hall–Kier alpha value is -2.15. The number of hydrogen-bond donors (Lipinski definition) is 0. The summed E-state index contributed by atoms with van der Waals surface area (Å²) in [6.45, 7) is 5.10. The monoisotopic (exact) mass is 349 g/mol. The Morgan fingerprint density at radius 2 is 2.24 bits per heavy atom. The highest BCUT2D eigenvalue weighted by atomic mass is 19.1. The van der Waals surface area contributed by atoms with Crippen LogP contribution in [0.1, 0.15) is 41.1 Å². The molecule has 1 aliphatic heterocycles. The number of amides is 1. The Balaban J connectivity index is 1.63. The van der Waals surface area contributed by atoms with Gasteiger partial charge < -0.3 is 13.8 Å². The van der Waals surface area contributed by atoms with Crippen LogP contribution in [-0.4, -0.2) is 53.2 Å². The van der Waals surface area contributed by atoms with Gasteiger partial charge in [-0.25, -0.2) is 4.39 Å². The summed E-state index contributed by atoms with van der Waals surface area (Å²) in [6, 6.07) is 5.30. The number of carbonyl (C=O) groups is 1. The molecule has 2 aromatic rings. The number of rotatable bonds is 6. The summed E-state index contributed by atoms with van der Waals surface area (Å²) in [7, 11) is 1.72. The summed E-state index contributed by atoms with van der Waals surface area (Å²) in [6.07, 6.45) is 0.254. The van der Waals surface area contributed by atoms with Gasteiger partial charge in [-0.2, -0.15) is 0 Å². The molecular formula is C18H24FN3O3. The van der Waals surface area contributed by atoms with Crippen LogP contribution in [-0.2, 0) is 13.0 Å². The van der Waals surface area contributed by atoms with Crippen molar-refractivity contribution in [1.82, 2.24) is 15.0 Å². The van der Waals surface area contributed by atoms with Gasteiger partial charge in [-0.05, 0) is 25.5 Å². The van der Waals surface area contributed by atoms with E-state index in [-0.39, 0.29) is 11.9 Å². The molecule has 0 aromatic carbocycles. The summed E-state index contributed by atoms with van der Waals surface area (Å²) in [5, 5.41) is 3.87. The molecule has 1 saturated heterocycles. The number of carbonyl (C=O) groups excluding carboxylic acids is 1. The van der Waals surface area contributed by atoms with E-state index in [4.69, 9.17) is 8.94 Å². The molecule has 6 nitrogen and oxygen atoms in total. The first kappa shape index (κ1) is 17.7. The standard InChI is InChI=1S/C18H24FN3O3/c1-4-15-5-6-17(24-15)18(23)21(3)10-14-8-13(19)9-22(14)11-16-7-12(2)20-25-16/h5-7,13-14H,4,8-11H2,1-3H3/t13-,14-/m0/s1. The van der Waals surface area contributed by atoms with E-state index in [1.807, 2.05) is 30.9 Å². The number of furan rings is 1. The third-order valence-electron chi connectivity index (χ3n) is 4.56. The zero-order valence-electron chi connectivity index (χ0n) is 14.9. The molecule has 1 amide bonds. The van der Waals surface area contributed by atoms with Gasteiger partial charge in [0.05, 0.1) is 12.2 Å². The maximum Gasteiger partial charge on any atom is 0.289 e. The van der Waals surface area contributed by atoms with Crippen molar-refractivity contribution in [1.29, 1.82) is 0 Å². The number of alkyl halides is 1. The van der Waals surface area contributed by atoms with Crippen molar-refractivity contribution in [2.24, 2.45) is 0 Å².